The van der Waals surface area contributed by atoms with E-state index in [1.807, 2.05) is 0 Å². The molecule has 0 aliphatic carbocycles. The molecule has 0 bridgehead atoms. The summed E-state index contributed by atoms with van der Waals surface area (Å²) in [5.41, 5.74) is 0.492. The predicted molar refractivity (Wildman–Crippen MR) is 36.7 cm³/mol. The molecule has 1 aromatic carbocycles. The Balaban J connectivity index is 3.04. The molecule has 0 aliphatic heterocycles. The van der Waals surface area contributed by atoms with Crippen LogP contribution in [0, 0.1) is 12.4 Å². The van der Waals surface area contributed by atoms with Crippen LogP contribution in [0.15, 0.2) is 18.2 Å². The van der Waals surface area contributed by atoms with E-state index in [-0.39, 0.29) is 5.02 Å². The van der Waals surface area contributed by atoms with E-state index in [0.717, 1.165) is 6.61 Å². The van der Waals surface area contributed by atoms with Crippen molar-refractivity contribution in [1.82, 2.24) is 0 Å². The Morgan fingerprint density at radius 1 is 1.50 bits per heavy atom. The molecule has 0 amide bonds. The lowest BCUT2D eigenvalue weighted by atomic mass is 10.2. The summed E-state index contributed by atoms with van der Waals surface area (Å²) < 4.78 is 12.4. The van der Waals surface area contributed by atoms with E-state index >= 15 is 0 Å². The lowest BCUT2D eigenvalue weighted by molar-refractivity contribution is 0.414. The fourth-order valence-electron chi connectivity index (χ4n) is 0.593. The van der Waals surface area contributed by atoms with Crippen LogP contribution in [0.25, 0.3) is 0 Å². The second kappa shape index (κ2) is 2.99. The van der Waals surface area contributed by atoms with Crippen LogP contribution >= 0.6 is 11.6 Å². The van der Waals surface area contributed by atoms with E-state index in [0.29, 0.717) is 5.56 Å². The number of hydrogen-bond acceptors (Lipinski definition) is 1. The van der Waals surface area contributed by atoms with Gasteiger partial charge in [-0.25, -0.2) is 4.39 Å². The van der Waals surface area contributed by atoms with Gasteiger partial charge in [0.25, 0.3) is 0 Å². The second-order valence-corrected chi connectivity index (χ2v) is 2.21. The van der Waals surface area contributed by atoms with Gasteiger partial charge < -0.3 is 5.11 Å². The molecular weight excluding hydrogens is 155 g/mol. The maximum Gasteiger partial charge on any atom is 0.141 e. The zero-order chi connectivity index (χ0) is 7.56. The topological polar surface area (TPSA) is 20.2 Å². The highest BCUT2D eigenvalue weighted by atomic mass is 35.5. The van der Waals surface area contributed by atoms with Gasteiger partial charge in [-0.05, 0) is 17.7 Å². The Morgan fingerprint density at radius 3 is 2.70 bits per heavy atom. The van der Waals surface area contributed by atoms with Crippen molar-refractivity contribution in [1.29, 1.82) is 0 Å². The van der Waals surface area contributed by atoms with Gasteiger partial charge in [0, 0.05) is 0 Å². The van der Waals surface area contributed by atoms with E-state index in [4.69, 9.17) is 16.7 Å². The highest BCUT2D eigenvalue weighted by Gasteiger charge is 1.98. The van der Waals surface area contributed by atoms with E-state index in [1.165, 1.54) is 18.2 Å². The van der Waals surface area contributed by atoms with Gasteiger partial charge in [-0.2, -0.15) is 0 Å². The number of benzene rings is 1. The van der Waals surface area contributed by atoms with Gasteiger partial charge in [0.05, 0.1) is 5.02 Å². The zero-order valence-corrected chi connectivity index (χ0v) is 5.77. The molecule has 1 aromatic rings. The number of aliphatic hydroxyl groups is 1. The lowest BCUT2D eigenvalue weighted by Crippen LogP contribution is -1.81. The van der Waals surface area contributed by atoms with Gasteiger partial charge in [0.15, 0.2) is 0 Å². The van der Waals surface area contributed by atoms with Crippen molar-refractivity contribution in [3.8, 4) is 0 Å². The van der Waals surface area contributed by atoms with Crippen molar-refractivity contribution >= 4 is 11.6 Å². The number of aliphatic hydroxyl groups excluding tert-OH is 1. The van der Waals surface area contributed by atoms with E-state index < -0.39 is 5.82 Å². The summed E-state index contributed by atoms with van der Waals surface area (Å²) in [6, 6.07) is 3.97. The van der Waals surface area contributed by atoms with Crippen LogP contribution in [0.5, 0.6) is 0 Å². The molecule has 0 fully saturated rings. The standard InChI is InChI=1S/C7H5ClFO/c8-6-3-5(4-10)1-2-7(6)9/h1-4,10H. The van der Waals surface area contributed by atoms with Crippen molar-refractivity contribution in [2.75, 3.05) is 0 Å². The SMILES string of the molecule is O[CH]c1ccc(F)c(Cl)c1. The summed E-state index contributed by atoms with van der Waals surface area (Å²) in [6.07, 6.45) is 0. The molecule has 0 spiro atoms. The smallest absolute Gasteiger partial charge is 0.141 e. The lowest BCUT2D eigenvalue weighted by Gasteiger charge is -1.95. The largest absolute Gasteiger partial charge is 0.385 e. The average Bonchev–Trinajstić information content (AvgIpc) is 1.95. The normalized spacial score (nSPS) is 9.90. The van der Waals surface area contributed by atoms with Crippen LogP contribution in [0.2, 0.25) is 5.02 Å². The molecule has 1 nitrogen and oxygen atoms in total. The van der Waals surface area contributed by atoms with Crippen molar-refractivity contribution < 1.29 is 9.50 Å². The Morgan fingerprint density at radius 2 is 2.20 bits per heavy atom. The summed E-state index contributed by atoms with van der Waals surface area (Å²) in [5, 5.41) is 8.46. The first-order valence-electron chi connectivity index (χ1n) is 2.66. The highest BCUT2D eigenvalue weighted by Crippen LogP contribution is 2.15. The molecule has 0 aromatic heterocycles. The molecule has 0 saturated carbocycles. The van der Waals surface area contributed by atoms with Crippen LogP contribution in [0.1, 0.15) is 5.56 Å². The predicted octanol–water partition coefficient (Wildman–Crippen LogP) is 2.36. The third kappa shape index (κ3) is 1.46. The van der Waals surface area contributed by atoms with Gasteiger partial charge in [-0.1, -0.05) is 17.7 Å². The van der Waals surface area contributed by atoms with Crippen molar-refractivity contribution in [3.63, 3.8) is 0 Å². The monoisotopic (exact) mass is 159 g/mol. The molecule has 1 radical (unpaired) electrons. The van der Waals surface area contributed by atoms with Gasteiger partial charge in [-0.15, -0.1) is 0 Å². The molecule has 0 atom stereocenters. The van der Waals surface area contributed by atoms with Gasteiger partial charge >= 0.3 is 0 Å². The molecule has 0 aliphatic rings. The molecule has 0 saturated heterocycles. The summed E-state index contributed by atoms with van der Waals surface area (Å²) >= 11 is 5.39. The van der Waals surface area contributed by atoms with Crippen molar-refractivity contribution in [2.45, 2.75) is 0 Å². The Kier molecular flexibility index (Phi) is 2.25. The minimum Gasteiger partial charge on any atom is -0.385 e. The minimum absolute atomic E-state index is 0.0165. The average molecular weight is 160 g/mol. The van der Waals surface area contributed by atoms with E-state index in [2.05, 4.69) is 0 Å². The Labute approximate surface area is 63.1 Å². The van der Waals surface area contributed by atoms with Crippen LogP contribution in [0.4, 0.5) is 4.39 Å². The quantitative estimate of drug-likeness (QED) is 0.667. The van der Waals surface area contributed by atoms with E-state index in [9.17, 15) is 4.39 Å². The first kappa shape index (κ1) is 7.51. The van der Waals surface area contributed by atoms with Crippen LogP contribution in [0.3, 0.4) is 0 Å². The summed E-state index contributed by atoms with van der Waals surface area (Å²) in [6.45, 7) is 0.866. The number of rotatable bonds is 1. The minimum atomic E-state index is -0.479. The van der Waals surface area contributed by atoms with Crippen molar-refractivity contribution in [2.24, 2.45) is 0 Å². The molecule has 0 unspecified atom stereocenters. The first-order valence-corrected chi connectivity index (χ1v) is 3.04. The Hall–Kier alpha value is -0.600. The number of halogens is 2. The van der Waals surface area contributed by atoms with E-state index in [1.54, 1.807) is 0 Å². The second-order valence-electron chi connectivity index (χ2n) is 1.80. The molecule has 53 valence electrons. The molecule has 1 rings (SSSR count). The molecule has 1 N–H and O–H groups in total. The molecule has 10 heavy (non-hydrogen) atoms. The fourth-order valence-corrected chi connectivity index (χ4v) is 0.782. The van der Waals surface area contributed by atoms with Crippen molar-refractivity contribution in [3.05, 3.63) is 41.2 Å². The van der Waals surface area contributed by atoms with Gasteiger partial charge in [0.1, 0.15) is 12.4 Å². The zero-order valence-electron chi connectivity index (χ0n) is 5.01. The van der Waals surface area contributed by atoms with Crippen LogP contribution in [-0.4, -0.2) is 5.11 Å². The van der Waals surface area contributed by atoms with Crippen LogP contribution in [-0.2, 0) is 0 Å². The van der Waals surface area contributed by atoms with Gasteiger partial charge in [0.2, 0.25) is 0 Å². The third-order valence-corrected chi connectivity index (χ3v) is 1.38. The maximum absolute atomic E-state index is 12.4. The van der Waals surface area contributed by atoms with Gasteiger partial charge in [-0.3, -0.25) is 0 Å². The fraction of sp³-hybridized carbons (Fsp3) is 0. The third-order valence-electron chi connectivity index (χ3n) is 1.09. The summed E-state index contributed by atoms with van der Waals surface area (Å²) in [4.78, 5) is 0. The Bertz CT molecular complexity index is 237. The first-order chi connectivity index (χ1) is 4.74. The van der Waals surface area contributed by atoms with Crippen LogP contribution < -0.4 is 0 Å². The highest BCUT2D eigenvalue weighted by molar-refractivity contribution is 6.30. The molecular formula is C7H5ClFO. The number of hydrogen-bond donors (Lipinski definition) is 1. The maximum atomic E-state index is 12.4. The molecule has 3 heteroatoms. The summed E-state index contributed by atoms with van der Waals surface area (Å²) in [7, 11) is 0. The molecule has 0 heterocycles. The summed E-state index contributed by atoms with van der Waals surface area (Å²) in [5.74, 6) is -0.479.